The largest absolute Gasteiger partial charge is 0.444 e. The molecule has 0 atom stereocenters. The van der Waals surface area contributed by atoms with Crippen LogP contribution < -0.4 is 5.32 Å². The molecule has 0 aromatic carbocycles. The van der Waals surface area contributed by atoms with Gasteiger partial charge >= 0.3 is 6.09 Å². The zero-order chi connectivity index (χ0) is 20.4. The van der Waals surface area contributed by atoms with E-state index in [4.69, 9.17) is 4.74 Å². The number of pyridine rings is 2. The smallest absolute Gasteiger partial charge is 0.407 e. The minimum atomic E-state index is -0.477. The second-order valence-corrected chi connectivity index (χ2v) is 7.90. The molecule has 0 bridgehead atoms. The summed E-state index contributed by atoms with van der Waals surface area (Å²) in [5.41, 5.74) is 2.88. The Kier molecular flexibility index (Phi) is 8.39. The topological polar surface area (TPSA) is 67.4 Å². The molecule has 6 nitrogen and oxygen atoms in total. The minimum absolute atomic E-state index is 0.367. The van der Waals surface area contributed by atoms with Gasteiger partial charge in [-0.2, -0.15) is 0 Å². The van der Waals surface area contributed by atoms with Gasteiger partial charge in [0.15, 0.2) is 0 Å². The van der Waals surface area contributed by atoms with Crippen molar-refractivity contribution in [2.45, 2.75) is 52.7 Å². The van der Waals surface area contributed by atoms with Crippen molar-refractivity contribution in [3.8, 4) is 0 Å². The number of carbonyl (C=O) groups is 1. The highest BCUT2D eigenvalue weighted by Gasteiger charge is 2.16. The maximum absolute atomic E-state index is 11.8. The van der Waals surface area contributed by atoms with Crippen molar-refractivity contribution < 1.29 is 9.53 Å². The van der Waals surface area contributed by atoms with Crippen LogP contribution in [-0.4, -0.2) is 46.2 Å². The van der Waals surface area contributed by atoms with Gasteiger partial charge in [0.05, 0.1) is 5.69 Å². The highest BCUT2D eigenvalue weighted by molar-refractivity contribution is 5.67. The van der Waals surface area contributed by atoms with E-state index in [2.05, 4.69) is 33.2 Å². The third kappa shape index (κ3) is 8.48. The fraction of sp³-hybridized carbons (Fsp3) is 0.500. The van der Waals surface area contributed by atoms with Crippen LogP contribution in [-0.2, 0) is 17.7 Å². The van der Waals surface area contributed by atoms with E-state index in [0.29, 0.717) is 6.54 Å². The Morgan fingerprint density at radius 2 is 1.89 bits per heavy atom. The van der Waals surface area contributed by atoms with Gasteiger partial charge in [-0.3, -0.25) is 14.9 Å². The number of nitrogens with zero attached hydrogens (tertiary/aromatic N) is 3. The number of aryl methyl sites for hydroxylation is 1. The molecule has 0 aliphatic rings. The van der Waals surface area contributed by atoms with Gasteiger partial charge in [0.25, 0.3) is 0 Å². The molecule has 1 N–H and O–H groups in total. The first kappa shape index (κ1) is 21.8. The van der Waals surface area contributed by atoms with Gasteiger partial charge in [0.1, 0.15) is 5.60 Å². The summed E-state index contributed by atoms with van der Waals surface area (Å²) < 4.78 is 5.28. The summed E-state index contributed by atoms with van der Waals surface area (Å²) in [4.78, 5) is 23.1. The number of rotatable bonds is 9. The summed E-state index contributed by atoms with van der Waals surface area (Å²) in [6.45, 7) is 10.8. The summed E-state index contributed by atoms with van der Waals surface area (Å²) in [6.07, 6.45) is 5.02. The van der Waals surface area contributed by atoms with Crippen LogP contribution in [0.15, 0.2) is 42.7 Å². The van der Waals surface area contributed by atoms with Crippen LogP contribution in [0, 0.1) is 6.92 Å². The lowest BCUT2D eigenvalue weighted by Crippen LogP contribution is -2.35. The van der Waals surface area contributed by atoms with Crippen LogP contribution in [0.25, 0.3) is 0 Å². The Hall–Kier alpha value is -2.47. The molecule has 152 valence electrons. The number of hydrogen-bond donors (Lipinski definition) is 1. The lowest BCUT2D eigenvalue weighted by Gasteiger charge is -2.23. The molecule has 0 aliphatic heterocycles. The molecule has 0 radical (unpaired) electrons. The second-order valence-electron chi connectivity index (χ2n) is 7.90. The lowest BCUT2D eigenvalue weighted by atomic mass is 10.2. The van der Waals surface area contributed by atoms with Gasteiger partial charge in [-0.1, -0.05) is 12.1 Å². The summed E-state index contributed by atoms with van der Waals surface area (Å²) in [7, 11) is 0. The molecule has 0 fully saturated rings. The van der Waals surface area contributed by atoms with Crippen LogP contribution >= 0.6 is 0 Å². The quantitative estimate of drug-likeness (QED) is 0.667. The summed E-state index contributed by atoms with van der Waals surface area (Å²) in [5.74, 6) is 0. The number of carbonyl (C=O) groups excluding carboxylic acids is 1. The third-order valence-corrected chi connectivity index (χ3v) is 4.22. The number of alkyl carbamates (subject to hydrolysis) is 1. The monoisotopic (exact) mass is 384 g/mol. The van der Waals surface area contributed by atoms with E-state index in [0.717, 1.165) is 43.9 Å². The Balaban J connectivity index is 1.86. The molecular weight excluding hydrogens is 352 g/mol. The molecule has 2 rings (SSSR count). The SMILES string of the molecule is Cc1cccnc1CN(CCCNC(=O)OC(C)(C)C)CCc1ccccn1. The predicted molar refractivity (Wildman–Crippen MR) is 111 cm³/mol. The molecular formula is C22H32N4O2. The molecule has 0 saturated carbocycles. The van der Waals surface area contributed by atoms with Crippen molar-refractivity contribution in [2.75, 3.05) is 19.6 Å². The molecule has 2 aromatic rings. The molecule has 2 aromatic heterocycles. The average molecular weight is 385 g/mol. The van der Waals surface area contributed by atoms with Crippen molar-refractivity contribution in [1.29, 1.82) is 0 Å². The van der Waals surface area contributed by atoms with Gasteiger partial charge in [-0.05, 0) is 57.9 Å². The zero-order valence-electron chi connectivity index (χ0n) is 17.4. The number of aromatic nitrogens is 2. The highest BCUT2D eigenvalue weighted by Crippen LogP contribution is 2.09. The normalized spacial score (nSPS) is 11.5. The van der Waals surface area contributed by atoms with Crippen molar-refractivity contribution in [3.63, 3.8) is 0 Å². The van der Waals surface area contributed by atoms with E-state index in [9.17, 15) is 4.79 Å². The Labute approximate surface area is 168 Å². The zero-order valence-corrected chi connectivity index (χ0v) is 17.4. The standard InChI is InChI=1S/C22H32N4O2/c1-18-9-7-13-24-20(18)17-26(16-11-19-10-5-6-12-23-19)15-8-14-25-21(27)28-22(2,3)4/h5-7,9-10,12-13H,8,11,14-17H2,1-4H3,(H,25,27). The highest BCUT2D eigenvalue weighted by atomic mass is 16.6. The lowest BCUT2D eigenvalue weighted by molar-refractivity contribution is 0.0525. The van der Waals surface area contributed by atoms with E-state index in [-0.39, 0.29) is 6.09 Å². The van der Waals surface area contributed by atoms with Crippen LogP contribution in [0.2, 0.25) is 0 Å². The van der Waals surface area contributed by atoms with Gasteiger partial charge in [0.2, 0.25) is 0 Å². The summed E-state index contributed by atoms with van der Waals surface area (Å²) in [6, 6.07) is 10.0. The minimum Gasteiger partial charge on any atom is -0.444 e. The maximum Gasteiger partial charge on any atom is 0.407 e. The molecule has 28 heavy (non-hydrogen) atoms. The van der Waals surface area contributed by atoms with Gasteiger partial charge in [-0.15, -0.1) is 0 Å². The Morgan fingerprint density at radius 1 is 1.11 bits per heavy atom. The number of nitrogens with one attached hydrogen (secondary N) is 1. The fourth-order valence-electron chi connectivity index (χ4n) is 2.79. The molecule has 6 heteroatoms. The molecule has 0 saturated heterocycles. The first-order chi connectivity index (χ1) is 13.3. The van der Waals surface area contributed by atoms with Crippen molar-refractivity contribution in [2.24, 2.45) is 0 Å². The van der Waals surface area contributed by atoms with Crippen molar-refractivity contribution in [1.82, 2.24) is 20.2 Å². The maximum atomic E-state index is 11.8. The van der Waals surface area contributed by atoms with Crippen LogP contribution in [0.3, 0.4) is 0 Å². The average Bonchev–Trinajstić information content (AvgIpc) is 2.64. The predicted octanol–water partition coefficient (Wildman–Crippen LogP) is 3.74. The molecule has 0 aliphatic carbocycles. The number of ether oxygens (including phenoxy) is 1. The van der Waals surface area contributed by atoms with Crippen LogP contribution in [0.5, 0.6) is 0 Å². The fourth-order valence-corrected chi connectivity index (χ4v) is 2.79. The van der Waals surface area contributed by atoms with Gasteiger partial charge in [0, 0.05) is 50.7 Å². The Bertz CT molecular complexity index is 729. The number of hydrogen-bond acceptors (Lipinski definition) is 5. The molecule has 0 unspecified atom stereocenters. The van der Waals surface area contributed by atoms with Crippen molar-refractivity contribution >= 4 is 6.09 Å². The summed E-state index contributed by atoms with van der Waals surface area (Å²) in [5, 5.41) is 2.83. The Morgan fingerprint density at radius 3 is 2.57 bits per heavy atom. The molecule has 2 heterocycles. The van der Waals surface area contributed by atoms with Gasteiger partial charge < -0.3 is 10.1 Å². The third-order valence-electron chi connectivity index (χ3n) is 4.22. The van der Waals surface area contributed by atoms with Crippen LogP contribution in [0.1, 0.15) is 44.1 Å². The summed E-state index contributed by atoms with van der Waals surface area (Å²) >= 11 is 0. The first-order valence-electron chi connectivity index (χ1n) is 9.83. The molecule has 0 spiro atoms. The molecule has 1 amide bonds. The second kappa shape index (κ2) is 10.8. The first-order valence-corrected chi connectivity index (χ1v) is 9.83. The van der Waals surface area contributed by atoms with Gasteiger partial charge in [-0.25, -0.2) is 4.79 Å². The van der Waals surface area contributed by atoms with E-state index in [1.54, 1.807) is 0 Å². The van der Waals surface area contributed by atoms with E-state index in [1.165, 1.54) is 5.56 Å². The van der Waals surface area contributed by atoms with Crippen molar-refractivity contribution in [3.05, 3.63) is 59.7 Å². The van der Waals surface area contributed by atoms with E-state index in [1.807, 2.05) is 57.4 Å². The van der Waals surface area contributed by atoms with E-state index < -0.39 is 5.60 Å². The number of amides is 1. The van der Waals surface area contributed by atoms with Crippen LogP contribution in [0.4, 0.5) is 4.79 Å². The van der Waals surface area contributed by atoms with E-state index >= 15 is 0 Å².